The van der Waals surface area contributed by atoms with Crippen molar-refractivity contribution in [2.45, 2.75) is 56.3 Å². The van der Waals surface area contributed by atoms with Crippen molar-refractivity contribution in [3.63, 3.8) is 0 Å². The normalized spacial score (nSPS) is 13.7. The van der Waals surface area contributed by atoms with Gasteiger partial charge >= 0.3 is 0 Å². The van der Waals surface area contributed by atoms with Gasteiger partial charge in [0.2, 0.25) is 0 Å². The lowest BCUT2D eigenvalue weighted by Crippen LogP contribution is -2.42. The van der Waals surface area contributed by atoms with Crippen LogP contribution < -0.4 is 0 Å². The highest BCUT2D eigenvalue weighted by molar-refractivity contribution is 7.90. The van der Waals surface area contributed by atoms with Gasteiger partial charge < -0.3 is 4.43 Å². The van der Waals surface area contributed by atoms with Crippen molar-refractivity contribution < 1.29 is 12.8 Å². The lowest BCUT2D eigenvalue weighted by atomic mass is 10.1. The fourth-order valence-electron chi connectivity index (χ4n) is 3.27. The van der Waals surface area contributed by atoms with Crippen LogP contribution in [0, 0.1) is 0 Å². The number of aromatic nitrogens is 1. The molecule has 170 valence electrons. The summed E-state index contributed by atoms with van der Waals surface area (Å²) < 4.78 is 34.2. The van der Waals surface area contributed by atoms with Gasteiger partial charge in [-0.2, -0.15) is 0 Å². The summed E-state index contributed by atoms with van der Waals surface area (Å²) in [5, 5.41) is 4.81. The Labute approximate surface area is 190 Å². The van der Waals surface area contributed by atoms with Gasteiger partial charge in [-0.25, -0.2) is 12.4 Å². The van der Waals surface area contributed by atoms with Crippen LogP contribution in [0.5, 0.6) is 0 Å². The van der Waals surface area contributed by atoms with E-state index in [-0.39, 0.29) is 9.93 Å². The minimum absolute atomic E-state index is 0.0354. The van der Waals surface area contributed by atoms with E-state index in [1.807, 2.05) is 18.2 Å². The maximum atomic E-state index is 13.3. The Morgan fingerprint density at radius 1 is 1.09 bits per heavy atom. The lowest BCUT2D eigenvalue weighted by Gasteiger charge is -2.36. The third-order valence-electron chi connectivity index (χ3n) is 6.17. The molecule has 1 aromatic heterocycles. The van der Waals surface area contributed by atoms with Gasteiger partial charge in [0.15, 0.2) is 8.32 Å². The van der Waals surface area contributed by atoms with E-state index in [0.717, 1.165) is 10.9 Å². The Morgan fingerprint density at radius 2 is 1.72 bits per heavy atom. The number of benzene rings is 2. The molecule has 0 saturated carbocycles. The lowest BCUT2D eigenvalue weighted by molar-refractivity contribution is 0.262. The molecule has 1 atom stereocenters. The summed E-state index contributed by atoms with van der Waals surface area (Å²) in [4.78, 5) is 3.24. The van der Waals surface area contributed by atoms with Gasteiger partial charge in [0, 0.05) is 23.1 Å². The Balaban J connectivity index is 1.98. The molecule has 0 N–H and O–H groups in total. The van der Waals surface area contributed by atoms with Crippen LogP contribution in [-0.4, -0.2) is 33.4 Å². The smallest absolute Gasteiger partial charge is 0.268 e. The van der Waals surface area contributed by atoms with Crippen LogP contribution in [-0.2, 0) is 20.9 Å². The first-order valence-electron chi connectivity index (χ1n) is 10.5. The van der Waals surface area contributed by atoms with E-state index in [4.69, 9.17) is 9.96 Å². The molecule has 32 heavy (non-hydrogen) atoms. The first-order chi connectivity index (χ1) is 15.0. The van der Waals surface area contributed by atoms with E-state index >= 15 is 0 Å². The molecule has 0 fully saturated rings. The minimum Gasteiger partial charge on any atom is -0.416 e. The maximum absolute atomic E-state index is 13.3. The van der Waals surface area contributed by atoms with Crippen LogP contribution in [0.1, 0.15) is 26.3 Å². The van der Waals surface area contributed by atoms with Crippen molar-refractivity contribution in [3.8, 4) is 0 Å². The highest BCUT2D eigenvalue weighted by atomic mass is 32.2. The zero-order valence-corrected chi connectivity index (χ0v) is 21.0. The molecule has 3 rings (SSSR count). The monoisotopic (exact) mass is 470 g/mol. The SMILES string of the molecule is CC(C)(C)[Si](C)(C)OC[C@H](Cc1cn(S(=O)(=O)c2ccccc2)c2ccccc12)N=[N+]=[N-]. The van der Waals surface area contributed by atoms with Gasteiger partial charge in [0.25, 0.3) is 10.0 Å². The molecule has 1 heterocycles. The van der Waals surface area contributed by atoms with Crippen LogP contribution >= 0.6 is 0 Å². The highest BCUT2D eigenvalue weighted by Crippen LogP contribution is 2.37. The second-order valence-corrected chi connectivity index (χ2v) is 16.0. The number of hydrogen-bond acceptors (Lipinski definition) is 4. The van der Waals surface area contributed by atoms with Crippen molar-refractivity contribution >= 4 is 29.2 Å². The second kappa shape index (κ2) is 9.11. The molecule has 0 aliphatic carbocycles. The molecular formula is C23H30N4O3SSi. The van der Waals surface area contributed by atoms with Crippen LogP contribution in [0.15, 0.2) is 70.8 Å². The Hall–Kier alpha value is -2.58. The van der Waals surface area contributed by atoms with Gasteiger partial charge in [-0.15, -0.1) is 0 Å². The van der Waals surface area contributed by atoms with Gasteiger partial charge in [-0.05, 0) is 53.8 Å². The summed E-state index contributed by atoms with van der Waals surface area (Å²) in [6, 6.07) is 15.3. The third kappa shape index (κ3) is 4.91. The van der Waals surface area contributed by atoms with Crippen molar-refractivity contribution in [3.05, 3.63) is 76.8 Å². The van der Waals surface area contributed by atoms with Crippen molar-refractivity contribution in [1.29, 1.82) is 0 Å². The van der Waals surface area contributed by atoms with E-state index < -0.39 is 24.4 Å². The first kappa shape index (κ1) is 24.1. The molecule has 0 saturated heterocycles. The highest BCUT2D eigenvalue weighted by Gasteiger charge is 2.37. The summed E-state index contributed by atoms with van der Waals surface area (Å²) in [5.41, 5.74) is 10.5. The molecule has 0 aliphatic rings. The number of nitrogens with zero attached hydrogens (tertiary/aromatic N) is 4. The molecule has 0 aliphatic heterocycles. The van der Waals surface area contributed by atoms with Crippen molar-refractivity contribution in [1.82, 2.24) is 3.97 Å². The molecule has 2 aromatic carbocycles. The van der Waals surface area contributed by atoms with E-state index in [9.17, 15) is 8.42 Å². The van der Waals surface area contributed by atoms with E-state index in [1.54, 1.807) is 42.6 Å². The van der Waals surface area contributed by atoms with Crippen LogP contribution in [0.2, 0.25) is 18.1 Å². The van der Waals surface area contributed by atoms with Crippen LogP contribution in [0.25, 0.3) is 21.3 Å². The Bertz CT molecular complexity index is 1240. The largest absolute Gasteiger partial charge is 0.416 e. The molecular weight excluding hydrogens is 440 g/mol. The van der Waals surface area contributed by atoms with Crippen LogP contribution in [0.4, 0.5) is 0 Å². The van der Waals surface area contributed by atoms with Gasteiger partial charge in [-0.3, -0.25) is 0 Å². The number of rotatable bonds is 8. The topological polar surface area (TPSA) is 97.1 Å². The fourth-order valence-corrected chi connectivity index (χ4v) is 5.72. The number of para-hydroxylation sites is 1. The molecule has 9 heteroatoms. The quantitative estimate of drug-likeness (QED) is 0.172. The van der Waals surface area contributed by atoms with Crippen molar-refractivity contribution in [2.24, 2.45) is 5.11 Å². The molecule has 0 spiro atoms. The van der Waals surface area contributed by atoms with Gasteiger partial charge in [0.1, 0.15) is 0 Å². The molecule has 3 aromatic rings. The summed E-state index contributed by atoms with van der Waals surface area (Å²) in [6.45, 7) is 11.1. The molecule has 0 unspecified atom stereocenters. The van der Waals surface area contributed by atoms with Gasteiger partial charge in [0.05, 0.1) is 16.5 Å². The average Bonchev–Trinajstić information content (AvgIpc) is 3.11. The predicted octanol–water partition coefficient (Wildman–Crippen LogP) is 6.12. The van der Waals surface area contributed by atoms with E-state index in [1.165, 1.54) is 3.97 Å². The molecule has 7 nitrogen and oxygen atoms in total. The number of fused-ring (bicyclic) bond motifs is 1. The van der Waals surface area contributed by atoms with Crippen LogP contribution in [0.3, 0.4) is 0 Å². The standard InChI is InChI=1S/C23H30N4O3SSi/c1-23(2,3)32(4,5)30-17-19(25-26-24)15-18-16-27(22-14-10-9-13-21(18)22)31(28,29)20-11-7-6-8-12-20/h6-14,16,19H,15,17H2,1-5H3/t19-/m0/s1. The second-order valence-electron chi connectivity index (χ2n) is 9.42. The number of azide groups is 1. The zero-order valence-electron chi connectivity index (χ0n) is 19.2. The molecule has 0 radical (unpaired) electrons. The Morgan fingerprint density at radius 3 is 2.34 bits per heavy atom. The van der Waals surface area contributed by atoms with Crippen molar-refractivity contribution in [2.75, 3.05) is 6.61 Å². The van der Waals surface area contributed by atoms with Gasteiger partial charge in [-0.1, -0.05) is 62.3 Å². The number of hydrogen-bond donors (Lipinski definition) is 0. The minimum atomic E-state index is -3.76. The summed E-state index contributed by atoms with van der Waals surface area (Å²) in [5.74, 6) is 0. The summed E-state index contributed by atoms with van der Waals surface area (Å²) in [7, 11) is -5.78. The summed E-state index contributed by atoms with van der Waals surface area (Å²) in [6.07, 6.45) is 2.02. The van der Waals surface area contributed by atoms with E-state index in [0.29, 0.717) is 18.5 Å². The third-order valence-corrected chi connectivity index (χ3v) is 12.4. The maximum Gasteiger partial charge on any atom is 0.268 e. The van der Waals surface area contributed by atoms with E-state index in [2.05, 4.69) is 43.9 Å². The summed E-state index contributed by atoms with van der Waals surface area (Å²) >= 11 is 0. The molecule has 0 bridgehead atoms. The molecule has 0 amide bonds. The Kier molecular flexibility index (Phi) is 6.85. The first-order valence-corrected chi connectivity index (χ1v) is 14.9. The zero-order chi connectivity index (χ0) is 23.6. The predicted molar refractivity (Wildman–Crippen MR) is 131 cm³/mol. The average molecular weight is 471 g/mol. The fraction of sp³-hybridized carbons (Fsp3) is 0.391.